The molecule has 2 aliphatic rings. The molecular weight excluding hydrogens is 234 g/mol. The molecule has 19 heavy (non-hydrogen) atoms. The maximum absolute atomic E-state index is 12.2. The fraction of sp³-hybridized carbons (Fsp3) is 0.294. The smallest absolute Gasteiger partial charge is 0.159 e. The minimum atomic E-state index is 0.336. The van der Waals surface area contributed by atoms with Crippen LogP contribution in [0.5, 0.6) is 0 Å². The number of hydrogen-bond acceptors (Lipinski definition) is 2. The largest absolute Gasteiger partial charge is 0.295 e. The van der Waals surface area contributed by atoms with E-state index in [4.69, 9.17) is 4.98 Å². The second-order valence-electron chi connectivity index (χ2n) is 5.48. The third kappa shape index (κ3) is 1.63. The highest BCUT2D eigenvalue weighted by molar-refractivity contribution is 6.16. The minimum absolute atomic E-state index is 0.336. The molecule has 1 aromatic carbocycles. The van der Waals surface area contributed by atoms with Crippen LogP contribution in [0.1, 0.15) is 25.7 Å². The molecule has 2 nitrogen and oxygen atoms in total. The Morgan fingerprint density at radius 3 is 3.05 bits per heavy atom. The Labute approximate surface area is 111 Å². The lowest BCUT2D eigenvalue weighted by atomic mass is 9.78. The van der Waals surface area contributed by atoms with Gasteiger partial charge in [-0.3, -0.25) is 4.79 Å². The van der Waals surface area contributed by atoms with Gasteiger partial charge in [-0.15, -0.1) is 0 Å². The van der Waals surface area contributed by atoms with Gasteiger partial charge < -0.3 is 0 Å². The molecule has 1 atom stereocenters. The second kappa shape index (κ2) is 4.02. The molecule has 0 N–H and O–H groups in total. The van der Waals surface area contributed by atoms with Gasteiger partial charge in [0.1, 0.15) is 0 Å². The highest BCUT2D eigenvalue weighted by Gasteiger charge is 2.27. The SMILES string of the molecule is O=C1CCCC2CC=c3nc4ccccc4cc3=C12. The molecule has 1 heterocycles. The molecule has 1 aromatic heterocycles. The van der Waals surface area contributed by atoms with Crippen LogP contribution in [-0.4, -0.2) is 10.8 Å². The number of nitrogens with zero attached hydrogens (tertiary/aromatic N) is 1. The fourth-order valence-electron chi connectivity index (χ4n) is 3.38. The number of benzene rings is 1. The molecule has 2 aromatic rings. The van der Waals surface area contributed by atoms with E-state index in [0.717, 1.165) is 46.3 Å². The van der Waals surface area contributed by atoms with Gasteiger partial charge in [-0.05, 0) is 37.3 Å². The second-order valence-corrected chi connectivity index (χ2v) is 5.48. The summed E-state index contributed by atoms with van der Waals surface area (Å²) in [5.74, 6) is 0.763. The van der Waals surface area contributed by atoms with Crippen LogP contribution < -0.4 is 10.6 Å². The van der Waals surface area contributed by atoms with Crippen molar-refractivity contribution < 1.29 is 4.79 Å². The summed E-state index contributed by atoms with van der Waals surface area (Å²) in [6.07, 6.45) is 6.06. The Balaban J connectivity index is 2.13. The first kappa shape index (κ1) is 10.9. The molecule has 0 bridgehead atoms. The predicted octanol–water partition coefficient (Wildman–Crippen LogP) is 1.94. The van der Waals surface area contributed by atoms with Crippen molar-refractivity contribution in [3.63, 3.8) is 0 Å². The zero-order chi connectivity index (χ0) is 12.8. The summed E-state index contributed by atoms with van der Waals surface area (Å²) in [7, 11) is 0. The Bertz CT molecular complexity index is 804. The summed E-state index contributed by atoms with van der Waals surface area (Å²) >= 11 is 0. The predicted molar refractivity (Wildman–Crippen MR) is 75.8 cm³/mol. The number of aromatic nitrogens is 1. The number of carbonyl (C=O) groups is 1. The molecule has 1 unspecified atom stereocenters. The van der Waals surface area contributed by atoms with Gasteiger partial charge in [-0.25, -0.2) is 4.98 Å². The Hall–Kier alpha value is -1.96. The van der Waals surface area contributed by atoms with E-state index in [1.165, 1.54) is 0 Å². The molecule has 0 radical (unpaired) electrons. The van der Waals surface area contributed by atoms with E-state index in [0.29, 0.717) is 18.1 Å². The van der Waals surface area contributed by atoms with E-state index < -0.39 is 0 Å². The fourth-order valence-corrected chi connectivity index (χ4v) is 3.38. The average Bonchev–Trinajstić information content (AvgIpc) is 2.45. The van der Waals surface area contributed by atoms with Crippen molar-refractivity contribution in [1.29, 1.82) is 0 Å². The summed E-state index contributed by atoms with van der Waals surface area (Å²) in [5.41, 5.74) is 2.06. The summed E-state index contributed by atoms with van der Waals surface area (Å²) in [4.78, 5) is 17.0. The van der Waals surface area contributed by atoms with Crippen LogP contribution in [0, 0.1) is 5.92 Å². The summed E-state index contributed by atoms with van der Waals surface area (Å²) < 4.78 is 0. The van der Waals surface area contributed by atoms with Crippen molar-refractivity contribution in [3.05, 3.63) is 40.9 Å². The number of fused-ring (bicyclic) bond motifs is 3. The van der Waals surface area contributed by atoms with Crippen molar-refractivity contribution in [2.24, 2.45) is 5.92 Å². The first-order chi connectivity index (χ1) is 9.33. The number of hydrogen-bond donors (Lipinski definition) is 0. The van der Waals surface area contributed by atoms with Crippen molar-refractivity contribution in [1.82, 2.24) is 4.98 Å². The maximum Gasteiger partial charge on any atom is 0.159 e. The van der Waals surface area contributed by atoms with Gasteiger partial charge in [0, 0.05) is 22.6 Å². The number of Topliss-reactive ketones (excluding diaryl/α,β-unsaturated/α-hetero) is 1. The van der Waals surface area contributed by atoms with Crippen LogP contribution in [0.25, 0.3) is 22.6 Å². The normalized spacial score (nSPS) is 21.8. The molecule has 1 fully saturated rings. The summed E-state index contributed by atoms with van der Waals surface area (Å²) in [6.45, 7) is 0. The van der Waals surface area contributed by atoms with Crippen molar-refractivity contribution >= 4 is 28.3 Å². The molecule has 0 amide bonds. The Morgan fingerprint density at radius 2 is 2.11 bits per heavy atom. The van der Waals surface area contributed by atoms with Crippen molar-refractivity contribution in [2.45, 2.75) is 25.7 Å². The van der Waals surface area contributed by atoms with E-state index in [-0.39, 0.29) is 0 Å². The van der Waals surface area contributed by atoms with Gasteiger partial charge >= 0.3 is 0 Å². The van der Waals surface area contributed by atoms with Crippen LogP contribution in [0.2, 0.25) is 0 Å². The van der Waals surface area contributed by atoms with Gasteiger partial charge in [0.2, 0.25) is 0 Å². The zero-order valence-corrected chi connectivity index (χ0v) is 10.7. The molecule has 2 heteroatoms. The third-order valence-corrected chi connectivity index (χ3v) is 4.30. The van der Waals surface area contributed by atoms with E-state index in [1.807, 2.05) is 18.2 Å². The van der Waals surface area contributed by atoms with Gasteiger partial charge in [0.15, 0.2) is 5.78 Å². The number of pyridine rings is 1. The van der Waals surface area contributed by atoms with Gasteiger partial charge in [-0.2, -0.15) is 0 Å². The van der Waals surface area contributed by atoms with Crippen LogP contribution in [0.15, 0.2) is 30.3 Å². The maximum atomic E-state index is 12.2. The average molecular weight is 249 g/mol. The Kier molecular flexibility index (Phi) is 2.31. The van der Waals surface area contributed by atoms with Crippen molar-refractivity contribution in [3.8, 4) is 0 Å². The van der Waals surface area contributed by atoms with Gasteiger partial charge in [0.05, 0.1) is 10.9 Å². The van der Waals surface area contributed by atoms with Gasteiger partial charge in [0.25, 0.3) is 0 Å². The monoisotopic (exact) mass is 249 g/mol. The lowest BCUT2D eigenvalue weighted by Gasteiger charge is -2.25. The third-order valence-electron chi connectivity index (χ3n) is 4.30. The number of carbonyl (C=O) groups excluding carboxylic acids is 1. The zero-order valence-electron chi connectivity index (χ0n) is 10.7. The molecule has 0 spiro atoms. The van der Waals surface area contributed by atoms with E-state index in [1.54, 1.807) is 0 Å². The van der Waals surface area contributed by atoms with Crippen molar-refractivity contribution in [2.75, 3.05) is 0 Å². The summed E-state index contributed by atoms with van der Waals surface area (Å²) in [5, 5.41) is 3.21. The number of para-hydroxylation sites is 1. The van der Waals surface area contributed by atoms with E-state index in [2.05, 4.69) is 18.2 Å². The molecule has 1 saturated carbocycles. The molecule has 2 aliphatic carbocycles. The van der Waals surface area contributed by atoms with E-state index >= 15 is 0 Å². The molecule has 94 valence electrons. The standard InChI is InChI=1S/C17H15NO/c19-16-7-3-5-11-8-9-15-13(17(11)16)10-12-4-1-2-6-14(12)18-15/h1-2,4,6,9-11H,3,5,7-8H2. The highest BCUT2D eigenvalue weighted by Crippen LogP contribution is 2.31. The quantitative estimate of drug-likeness (QED) is 0.714. The Morgan fingerprint density at radius 1 is 1.21 bits per heavy atom. The summed E-state index contributed by atoms with van der Waals surface area (Å²) in [6, 6.07) is 10.3. The molecule has 0 saturated heterocycles. The lowest BCUT2D eigenvalue weighted by Crippen LogP contribution is -2.39. The molecular formula is C17H15NO. The van der Waals surface area contributed by atoms with Gasteiger partial charge in [-0.1, -0.05) is 24.3 Å². The van der Waals surface area contributed by atoms with Crippen LogP contribution in [0.3, 0.4) is 0 Å². The molecule has 4 rings (SSSR count). The minimum Gasteiger partial charge on any atom is -0.295 e. The highest BCUT2D eigenvalue weighted by atomic mass is 16.1. The van der Waals surface area contributed by atoms with Crippen LogP contribution in [0.4, 0.5) is 0 Å². The first-order valence-electron chi connectivity index (χ1n) is 6.96. The van der Waals surface area contributed by atoms with E-state index in [9.17, 15) is 4.79 Å². The number of ketones is 1. The number of rotatable bonds is 0. The topological polar surface area (TPSA) is 30.0 Å². The lowest BCUT2D eigenvalue weighted by molar-refractivity contribution is -0.115. The first-order valence-corrected chi connectivity index (χ1v) is 6.96. The van der Waals surface area contributed by atoms with Crippen LogP contribution in [-0.2, 0) is 4.79 Å². The van der Waals surface area contributed by atoms with Crippen LogP contribution >= 0.6 is 0 Å². The molecule has 0 aliphatic heterocycles.